The minimum atomic E-state index is 0.232. The second-order valence-corrected chi connectivity index (χ2v) is 6.89. The van der Waals surface area contributed by atoms with Crippen LogP contribution in [0.5, 0.6) is 0 Å². The zero-order valence-corrected chi connectivity index (χ0v) is 16.4. The van der Waals surface area contributed by atoms with Crippen molar-refractivity contribution in [3.63, 3.8) is 0 Å². The van der Waals surface area contributed by atoms with Gasteiger partial charge in [0.05, 0.1) is 0 Å². The van der Waals surface area contributed by atoms with Crippen LogP contribution in [0.25, 0.3) is 0 Å². The summed E-state index contributed by atoms with van der Waals surface area (Å²) in [7, 11) is 0. The Balaban J connectivity index is 1.48. The van der Waals surface area contributed by atoms with Crippen molar-refractivity contribution in [3.05, 3.63) is 53.7 Å². The molecule has 1 fully saturated rings. The second-order valence-electron chi connectivity index (χ2n) is 6.89. The number of aryl methyl sites for hydroxylation is 2. The highest BCUT2D eigenvalue weighted by molar-refractivity contribution is 5.77. The van der Waals surface area contributed by atoms with Gasteiger partial charge in [-0.2, -0.15) is 0 Å². The number of hydrogen-bond donors (Lipinski definition) is 1. The predicted molar refractivity (Wildman–Crippen MR) is 111 cm³/mol. The quantitative estimate of drug-likeness (QED) is 0.816. The molecule has 2 aromatic rings. The molecule has 1 saturated heterocycles. The molecule has 0 saturated carbocycles. The summed E-state index contributed by atoms with van der Waals surface area (Å²) in [5.41, 5.74) is 3.87. The minimum Gasteiger partial charge on any atom is -0.384 e. The molecule has 0 unspecified atom stereocenters. The molecular weight excluding hydrogens is 336 g/mol. The number of carbonyl (C=O) groups excluding carboxylic acids is 1. The number of nitrogens with zero attached hydrogens (tertiary/aromatic N) is 3. The molecule has 1 aliphatic rings. The molecule has 1 N–H and O–H groups in total. The Morgan fingerprint density at radius 2 is 1.70 bits per heavy atom. The van der Waals surface area contributed by atoms with Gasteiger partial charge in [0.15, 0.2) is 0 Å². The van der Waals surface area contributed by atoms with E-state index in [-0.39, 0.29) is 5.91 Å². The maximum absolute atomic E-state index is 12.6. The van der Waals surface area contributed by atoms with E-state index in [1.165, 1.54) is 16.8 Å². The number of piperazine rings is 1. The lowest BCUT2D eigenvalue weighted by atomic mass is 10.0. The highest BCUT2D eigenvalue weighted by atomic mass is 16.2. The predicted octanol–water partition coefficient (Wildman–Crippen LogP) is 3.36. The highest BCUT2D eigenvalue weighted by Crippen LogP contribution is 2.22. The first-order chi connectivity index (χ1) is 13.2. The Morgan fingerprint density at radius 3 is 2.30 bits per heavy atom. The summed E-state index contributed by atoms with van der Waals surface area (Å²) >= 11 is 0. The van der Waals surface area contributed by atoms with Crippen LogP contribution in [-0.2, 0) is 17.6 Å². The fourth-order valence-electron chi connectivity index (χ4n) is 3.65. The largest absolute Gasteiger partial charge is 0.384 e. The van der Waals surface area contributed by atoms with Gasteiger partial charge in [-0.05, 0) is 36.1 Å². The summed E-state index contributed by atoms with van der Waals surface area (Å²) < 4.78 is 0. The van der Waals surface area contributed by atoms with Crippen LogP contribution in [0.3, 0.4) is 0 Å². The maximum atomic E-state index is 12.6. The Hall–Kier alpha value is -2.56. The van der Waals surface area contributed by atoms with E-state index >= 15 is 0 Å². The van der Waals surface area contributed by atoms with Crippen LogP contribution in [0.2, 0.25) is 0 Å². The molecule has 1 aromatic carbocycles. The molecule has 1 aliphatic heterocycles. The van der Waals surface area contributed by atoms with E-state index < -0.39 is 0 Å². The first kappa shape index (κ1) is 19.2. The topological polar surface area (TPSA) is 48.5 Å². The van der Waals surface area contributed by atoms with E-state index in [9.17, 15) is 4.79 Å². The summed E-state index contributed by atoms with van der Waals surface area (Å²) in [6.45, 7) is 8.24. The normalized spacial score (nSPS) is 14.3. The van der Waals surface area contributed by atoms with Crippen LogP contribution in [-0.4, -0.2) is 48.5 Å². The molecule has 0 aliphatic carbocycles. The number of rotatable bonds is 7. The molecule has 144 valence electrons. The molecule has 2 heterocycles. The van der Waals surface area contributed by atoms with Crippen molar-refractivity contribution >= 4 is 17.4 Å². The van der Waals surface area contributed by atoms with Crippen LogP contribution < -0.4 is 10.2 Å². The van der Waals surface area contributed by atoms with Crippen LogP contribution >= 0.6 is 0 Å². The molecular formula is C22H30N4O. The fourth-order valence-corrected chi connectivity index (χ4v) is 3.65. The van der Waals surface area contributed by atoms with Crippen LogP contribution in [0.4, 0.5) is 11.5 Å². The van der Waals surface area contributed by atoms with Gasteiger partial charge in [0.1, 0.15) is 5.82 Å². The van der Waals surface area contributed by atoms with Gasteiger partial charge in [-0.25, -0.2) is 4.98 Å². The molecule has 0 bridgehead atoms. The van der Waals surface area contributed by atoms with Gasteiger partial charge in [0.25, 0.3) is 0 Å². The molecule has 0 radical (unpaired) electrons. The lowest BCUT2D eigenvalue weighted by Crippen LogP contribution is -2.49. The smallest absolute Gasteiger partial charge is 0.224 e. The number of anilines is 2. The first-order valence-corrected chi connectivity index (χ1v) is 10.0. The molecule has 0 atom stereocenters. The molecule has 5 nitrogen and oxygen atoms in total. The van der Waals surface area contributed by atoms with Crippen molar-refractivity contribution in [2.45, 2.75) is 33.1 Å². The number of aromatic nitrogens is 1. The molecule has 0 spiro atoms. The Morgan fingerprint density at radius 1 is 1.00 bits per heavy atom. The standard InChI is InChI=1S/C22H30N4O/c1-3-18-8-7-9-19(4-2)22(18)24-13-11-21(27)26-16-14-25(15-17-26)20-10-5-6-12-23-20/h5-10,12,24H,3-4,11,13-17H2,1-2H3. The zero-order chi connectivity index (χ0) is 19.1. The first-order valence-electron chi connectivity index (χ1n) is 10.0. The Kier molecular flexibility index (Phi) is 6.69. The number of hydrogen-bond acceptors (Lipinski definition) is 4. The summed E-state index contributed by atoms with van der Waals surface area (Å²) in [5.74, 6) is 1.23. The van der Waals surface area contributed by atoms with Gasteiger partial charge >= 0.3 is 0 Å². The monoisotopic (exact) mass is 366 g/mol. The average Bonchev–Trinajstić information content (AvgIpc) is 2.74. The van der Waals surface area contributed by atoms with Crippen LogP contribution in [0.15, 0.2) is 42.6 Å². The molecule has 5 heteroatoms. The maximum Gasteiger partial charge on any atom is 0.224 e. The number of nitrogens with one attached hydrogen (secondary N) is 1. The van der Waals surface area contributed by atoms with E-state index in [1.54, 1.807) is 0 Å². The molecule has 1 amide bonds. The van der Waals surface area contributed by atoms with E-state index in [4.69, 9.17) is 0 Å². The van der Waals surface area contributed by atoms with E-state index in [1.807, 2.05) is 29.3 Å². The van der Waals surface area contributed by atoms with Gasteiger partial charge in [0, 0.05) is 51.0 Å². The van der Waals surface area contributed by atoms with Gasteiger partial charge in [-0.15, -0.1) is 0 Å². The summed E-state index contributed by atoms with van der Waals surface area (Å²) in [5, 5.41) is 3.52. The van der Waals surface area contributed by atoms with E-state index in [0.29, 0.717) is 13.0 Å². The van der Waals surface area contributed by atoms with E-state index in [0.717, 1.165) is 44.8 Å². The highest BCUT2D eigenvalue weighted by Gasteiger charge is 2.21. The van der Waals surface area contributed by atoms with Gasteiger partial charge in [-0.3, -0.25) is 4.79 Å². The minimum absolute atomic E-state index is 0.232. The van der Waals surface area contributed by atoms with Crippen molar-refractivity contribution in [1.82, 2.24) is 9.88 Å². The number of carbonyl (C=O) groups is 1. The summed E-state index contributed by atoms with van der Waals surface area (Å²) in [6.07, 6.45) is 4.35. The summed E-state index contributed by atoms with van der Waals surface area (Å²) in [4.78, 5) is 21.2. The number of pyridine rings is 1. The lowest BCUT2D eigenvalue weighted by molar-refractivity contribution is -0.131. The van der Waals surface area contributed by atoms with Gasteiger partial charge in [-0.1, -0.05) is 38.1 Å². The van der Waals surface area contributed by atoms with Crippen LogP contribution in [0, 0.1) is 0 Å². The molecule has 27 heavy (non-hydrogen) atoms. The molecule has 1 aromatic heterocycles. The van der Waals surface area contributed by atoms with Crippen molar-refractivity contribution in [1.29, 1.82) is 0 Å². The third-order valence-corrected chi connectivity index (χ3v) is 5.25. The average molecular weight is 367 g/mol. The Labute approximate surface area is 162 Å². The SMILES string of the molecule is CCc1cccc(CC)c1NCCC(=O)N1CCN(c2ccccn2)CC1. The second kappa shape index (κ2) is 9.40. The fraction of sp³-hybridized carbons (Fsp3) is 0.455. The number of benzene rings is 1. The Bertz CT molecular complexity index is 717. The van der Waals surface area contributed by atoms with Gasteiger partial charge in [0.2, 0.25) is 5.91 Å². The lowest BCUT2D eigenvalue weighted by Gasteiger charge is -2.35. The molecule has 3 rings (SSSR count). The van der Waals surface area contributed by atoms with Crippen molar-refractivity contribution < 1.29 is 4.79 Å². The summed E-state index contributed by atoms with van der Waals surface area (Å²) in [6, 6.07) is 12.4. The van der Waals surface area contributed by atoms with Crippen LogP contribution in [0.1, 0.15) is 31.4 Å². The van der Waals surface area contributed by atoms with Crippen molar-refractivity contribution in [2.24, 2.45) is 0 Å². The van der Waals surface area contributed by atoms with Crippen molar-refractivity contribution in [2.75, 3.05) is 42.9 Å². The number of amides is 1. The third kappa shape index (κ3) is 4.79. The van der Waals surface area contributed by atoms with Gasteiger partial charge < -0.3 is 15.1 Å². The van der Waals surface area contributed by atoms with E-state index in [2.05, 4.69) is 47.2 Å². The number of para-hydroxylation sites is 1. The zero-order valence-electron chi connectivity index (χ0n) is 16.4. The van der Waals surface area contributed by atoms with Crippen molar-refractivity contribution in [3.8, 4) is 0 Å². The third-order valence-electron chi connectivity index (χ3n) is 5.25.